The Morgan fingerprint density at radius 2 is 1.58 bits per heavy atom. The molecule has 242 valence electrons. The second-order valence-corrected chi connectivity index (χ2v) is 11.9. The van der Waals surface area contributed by atoms with Gasteiger partial charge < -0.3 is 54.0 Å². The van der Waals surface area contributed by atoms with Crippen molar-refractivity contribution in [1.29, 1.82) is 0 Å². The monoisotopic (exact) mass is 628 g/mol. The lowest BCUT2D eigenvalue weighted by atomic mass is 9.94. The molecule has 5 atom stereocenters. The number of fused-ring (bicyclic) bond motifs is 1. The van der Waals surface area contributed by atoms with Crippen LogP contribution in [0.3, 0.4) is 0 Å². The molecule has 45 heavy (non-hydrogen) atoms. The minimum atomic E-state index is -1.96. The van der Waals surface area contributed by atoms with Gasteiger partial charge in [-0.15, -0.1) is 0 Å². The summed E-state index contributed by atoms with van der Waals surface area (Å²) in [4.78, 5) is 25.0. The average molecular weight is 629 g/mol. The molecule has 0 radical (unpaired) electrons. The van der Waals surface area contributed by atoms with Crippen molar-refractivity contribution in [2.45, 2.75) is 100 Å². The minimum absolute atomic E-state index is 0.153. The van der Waals surface area contributed by atoms with Gasteiger partial charge in [-0.3, -0.25) is 4.79 Å². The standard InChI is InChI=1S/C32H36O13/c33-19-14-20(16-8-10-18(11-9-16)41-17-6-2-3-7-17)42-21-15-22(43-31-27(37)25(35)26(36)29(44-31)30(38)39)28(24(34)23(19)21)45-32(40)12-4-1-5-13-32/h8-11,14-15,17,25-27,29,31,34-37,40H,1-7,12-13H2,(H,38,39). The van der Waals surface area contributed by atoms with E-state index in [-0.39, 0.29) is 41.4 Å². The van der Waals surface area contributed by atoms with Crippen LogP contribution in [0.1, 0.15) is 57.8 Å². The first kappa shape index (κ1) is 31.1. The maximum absolute atomic E-state index is 13.4. The molecule has 1 aromatic heterocycles. The van der Waals surface area contributed by atoms with Crippen LogP contribution >= 0.6 is 0 Å². The molecule has 13 heteroatoms. The van der Waals surface area contributed by atoms with E-state index < -0.39 is 59.4 Å². The van der Waals surface area contributed by atoms with Crippen molar-refractivity contribution in [3.05, 3.63) is 46.6 Å². The van der Waals surface area contributed by atoms with Crippen LogP contribution in [-0.4, -0.2) is 79.2 Å². The minimum Gasteiger partial charge on any atom is -0.504 e. The van der Waals surface area contributed by atoms with E-state index in [0.29, 0.717) is 24.2 Å². The van der Waals surface area contributed by atoms with Gasteiger partial charge in [0.25, 0.3) is 0 Å². The SMILES string of the molecule is O=C(O)C1OC(Oc2cc3oc(-c4ccc(OC5CCCC5)cc4)cc(=O)c3c(O)c2OC2(O)CCCCC2)C(O)C(O)C1O. The second kappa shape index (κ2) is 12.5. The summed E-state index contributed by atoms with van der Waals surface area (Å²) >= 11 is 0. The molecule has 3 aliphatic rings. The number of carbonyl (C=O) groups is 1. The molecule has 0 spiro atoms. The molecule has 2 saturated carbocycles. The Hall–Kier alpha value is -3.88. The van der Waals surface area contributed by atoms with E-state index in [1.165, 1.54) is 12.1 Å². The fourth-order valence-corrected chi connectivity index (χ4v) is 6.16. The fraction of sp³-hybridized carbons (Fsp3) is 0.500. The summed E-state index contributed by atoms with van der Waals surface area (Å²) < 4.78 is 28.9. The molecule has 2 aliphatic carbocycles. The Morgan fingerprint density at radius 3 is 2.24 bits per heavy atom. The van der Waals surface area contributed by atoms with Crippen LogP contribution in [0, 0.1) is 0 Å². The zero-order chi connectivity index (χ0) is 31.9. The van der Waals surface area contributed by atoms with E-state index in [0.717, 1.165) is 32.1 Å². The van der Waals surface area contributed by atoms with Gasteiger partial charge in [0.05, 0.1) is 6.10 Å². The van der Waals surface area contributed by atoms with Gasteiger partial charge in [0.2, 0.25) is 17.8 Å². The highest BCUT2D eigenvalue weighted by molar-refractivity contribution is 5.89. The first-order valence-corrected chi connectivity index (χ1v) is 15.1. The number of hydrogen-bond donors (Lipinski definition) is 6. The van der Waals surface area contributed by atoms with Crippen molar-refractivity contribution in [3.63, 3.8) is 0 Å². The Morgan fingerprint density at radius 1 is 0.889 bits per heavy atom. The van der Waals surface area contributed by atoms with Gasteiger partial charge in [0, 0.05) is 30.5 Å². The molecule has 3 fully saturated rings. The zero-order valence-corrected chi connectivity index (χ0v) is 24.3. The second-order valence-electron chi connectivity index (χ2n) is 11.9. The lowest BCUT2D eigenvalue weighted by Crippen LogP contribution is -2.61. The maximum Gasteiger partial charge on any atom is 0.335 e. The van der Waals surface area contributed by atoms with E-state index in [4.69, 9.17) is 23.4 Å². The fourth-order valence-electron chi connectivity index (χ4n) is 6.16. The molecule has 6 N–H and O–H groups in total. The number of aromatic hydroxyl groups is 1. The highest BCUT2D eigenvalue weighted by Crippen LogP contribution is 2.46. The summed E-state index contributed by atoms with van der Waals surface area (Å²) in [6, 6.07) is 9.39. The number of carboxylic acids is 1. The van der Waals surface area contributed by atoms with E-state index in [2.05, 4.69) is 0 Å². The summed E-state index contributed by atoms with van der Waals surface area (Å²) in [5, 5.41) is 62.6. The lowest BCUT2D eigenvalue weighted by Gasteiger charge is -2.39. The van der Waals surface area contributed by atoms with Crippen molar-refractivity contribution < 1.29 is 58.8 Å². The van der Waals surface area contributed by atoms with Crippen molar-refractivity contribution in [1.82, 2.24) is 0 Å². The van der Waals surface area contributed by atoms with Gasteiger partial charge in [-0.25, -0.2) is 4.79 Å². The van der Waals surface area contributed by atoms with E-state index in [9.17, 15) is 40.2 Å². The third-order valence-electron chi connectivity index (χ3n) is 8.64. The number of phenolic OH excluding ortho intramolecular Hbond substituents is 1. The van der Waals surface area contributed by atoms with Crippen LogP contribution < -0.4 is 19.6 Å². The topological polar surface area (TPSA) is 206 Å². The van der Waals surface area contributed by atoms with Crippen molar-refractivity contribution >= 4 is 16.9 Å². The van der Waals surface area contributed by atoms with Gasteiger partial charge >= 0.3 is 5.97 Å². The van der Waals surface area contributed by atoms with Gasteiger partial charge in [0.15, 0.2) is 23.0 Å². The van der Waals surface area contributed by atoms with Crippen molar-refractivity contribution in [2.75, 3.05) is 0 Å². The third kappa shape index (κ3) is 6.31. The number of ether oxygens (including phenoxy) is 4. The Bertz CT molecular complexity index is 1590. The average Bonchev–Trinajstić information content (AvgIpc) is 3.52. The number of aliphatic hydroxyl groups excluding tert-OH is 3. The molecule has 2 heterocycles. The highest BCUT2D eigenvalue weighted by atomic mass is 16.7. The third-order valence-corrected chi connectivity index (χ3v) is 8.64. The van der Waals surface area contributed by atoms with Crippen LogP contribution in [-0.2, 0) is 9.53 Å². The van der Waals surface area contributed by atoms with Gasteiger partial charge in [-0.2, -0.15) is 0 Å². The van der Waals surface area contributed by atoms with Crippen LogP contribution in [0.4, 0.5) is 0 Å². The molecule has 13 nitrogen and oxygen atoms in total. The molecular formula is C32H36O13. The summed E-state index contributed by atoms with van der Waals surface area (Å²) in [6.45, 7) is 0. The molecule has 5 unspecified atom stereocenters. The van der Waals surface area contributed by atoms with Crippen molar-refractivity contribution in [3.8, 4) is 34.3 Å². The van der Waals surface area contributed by atoms with Gasteiger partial charge in [-0.05, 0) is 62.8 Å². The Labute approximate surface area is 257 Å². The lowest BCUT2D eigenvalue weighted by molar-refractivity contribution is -0.271. The number of aliphatic hydroxyl groups is 4. The van der Waals surface area contributed by atoms with E-state index in [1.807, 2.05) is 0 Å². The maximum atomic E-state index is 13.4. The predicted molar refractivity (Wildman–Crippen MR) is 156 cm³/mol. The number of hydrogen-bond acceptors (Lipinski definition) is 12. The van der Waals surface area contributed by atoms with Crippen LogP contribution in [0.2, 0.25) is 0 Å². The number of phenols is 1. The highest BCUT2D eigenvalue weighted by Gasteiger charge is 2.48. The number of aliphatic carboxylic acids is 1. The molecular weight excluding hydrogens is 592 g/mol. The van der Waals surface area contributed by atoms with Gasteiger partial charge in [0.1, 0.15) is 40.8 Å². The summed E-state index contributed by atoms with van der Waals surface area (Å²) in [6.07, 6.45) is -2.71. The molecule has 2 aromatic carbocycles. The van der Waals surface area contributed by atoms with Gasteiger partial charge in [-0.1, -0.05) is 6.42 Å². The largest absolute Gasteiger partial charge is 0.504 e. The smallest absolute Gasteiger partial charge is 0.335 e. The zero-order valence-electron chi connectivity index (χ0n) is 24.3. The normalized spacial score (nSPS) is 26.9. The number of carboxylic acid groups (broad SMARTS) is 1. The molecule has 1 aliphatic heterocycles. The Kier molecular flexibility index (Phi) is 8.63. The summed E-state index contributed by atoms with van der Waals surface area (Å²) in [5.74, 6) is -4.07. The quantitative estimate of drug-likeness (QED) is 0.199. The number of benzene rings is 2. The first-order chi connectivity index (χ1) is 21.5. The van der Waals surface area contributed by atoms with E-state index >= 15 is 0 Å². The first-order valence-electron chi connectivity index (χ1n) is 15.1. The Balaban J connectivity index is 1.39. The molecule has 1 saturated heterocycles. The van der Waals surface area contributed by atoms with Crippen LogP contribution in [0.25, 0.3) is 22.3 Å². The van der Waals surface area contributed by atoms with Crippen LogP contribution in [0.15, 0.2) is 45.6 Å². The summed E-state index contributed by atoms with van der Waals surface area (Å²) in [7, 11) is 0. The van der Waals surface area contributed by atoms with Crippen molar-refractivity contribution in [2.24, 2.45) is 0 Å². The van der Waals surface area contributed by atoms with E-state index in [1.54, 1.807) is 24.3 Å². The molecule has 6 rings (SSSR count). The van der Waals surface area contributed by atoms with Crippen LogP contribution in [0.5, 0.6) is 23.0 Å². The molecule has 3 aromatic rings. The predicted octanol–water partition coefficient (Wildman–Crippen LogP) is 2.79. The summed E-state index contributed by atoms with van der Waals surface area (Å²) in [5.41, 5.74) is -0.237. The number of rotatable bonds is 8. The molecule has 0 amide bonds. The molecule has 0 bridgehead atoms.